The van der Waals surface area contributed by atoms with Gasteiger partial charge < -0.3 is 10.0 Å². The van der Waals surface area contributed by atoms with Crippen molar-refractivity contribution in [3.63, 3.8) is 0 Å². The molecule has 1 aliphatic rings. The summed E-state index contributed by atoms with van der Waals surface area (Å²) in [4.78, 5) is 15.6. The number of nitrogens with zero attached hydrogens (tertiary/aromatic N) is 2. The Morgan fingerprint density at radius 3 is 2.47 bits per heavy atom. The molecule has 0 spiro atoms. The van der Waals surface area contributed by atoms with Crippen molar-refractivity contribution < 1.29 is 18.3 Å². The summed E-state index contributed by atoms with van der Waals surface area (Å²) in [6.07, 6.45) is 0.520. The van der Waals surface area contributed by atoms with Gasteiger partial charge in [-0.1, -0.05) is 0 Å². The zero-order valence-electron chi connectivity index (χ0n) is 11.9. The predicted molar refractivity (Wildman–Crippen MR) is 73.6 cm³/mol. The highest BCUT2D eigenvalue weighted by atomic mass is 32.2. The van der Waals surface area contributed by atoms with Crippen LogP contribution in [-0.2, 0) is 14.6 Å². The number of hydrogen-bond acceptors (Lipinski definition) is 5. The Morgan fingerprint density at radius 2 is 2.05 bits per heavy atom. The van der Waals surface area contributed by atoms with Gasteiger partial charge >= 0.3 is 0 Å². The lowest BCUT2D eigenvalue weighted by Crippen LogP contribution is -2.46. The zero-order chi connectivity index (χ0) is 14.6. The van der Waals surface area contributed by atoms with Gasteiger partial charge in [0.2, 0.25) is 5.91 Å². The van der Waals surface area contributed by atoms with E-state index in [1.165, 1.54) is 4.90 Å². The molecule has 1 aliphatic heterocycles. The van der Waals surface area contributed by atoms with Gasteiger partial charge in [-0.3, -0.25) is 9.69 Å². The first-order valence-electron chi connectivity index (χ1n) is 6.58. The Hall–Kier alpha value is -0.660. The predicted octanol–water partition coefficient (Wildman–Crippen LogP) is -0.665. The molecule has 1 rings (SSSR count). The largest absolute Gasteiger partial charge is 0.395 e. The maximum Gasteiger partial charge on any atom is 0.236 e. The molecule has 1 unspecified atom stereocenters. The third kappa shape index (κ3) is 4.74. The number of rotatable bonds is 6. The summed E-state index contributed by atoms with van der Waals surface area (Å²) in [6.45, 7) is 4.59. The van der Waals surface area contributed by atoms with E-state index in [0.29, 0.717) is 13.0 Å². The first-order chi connectivity index (χ1) is 8.76. The molecule has 0 saturated carbocycles. The second-order valence-corrected chi connectivity index (χ2v) is 7.58. The number of aliphatic hydroxyl groups excluding tert-OH is 1. The molecule has 0 aliphatic carbocycles. The minimum atomic E-state index is -2.98. The van der Waals surface area contributed by atoms with Crippen LogP contribution in [0.5, 0.6) is 0 Å². The average Bonchev–Trinajstić information content (AvgIpc) is 2.67. The lowest BCUT2D eigenvalue weighted by atomic mass is 10.2. The highest BCUT2D eigenvalue weighted by molar-refractivity contribution is 7.91. The molecule has 1 amide bonds. The van der Waals surface area contributed by atoms with Crippen molar-refractivity contribution in [3.05, 3.63) is 0 Å². The minimum Gasteiger partial charge on any atom is -0.395 e. The molecule has 0 bridgehead atoms. The molecule has 0 aromatic rings. The van der Waals surface area contributed by atoms with E-state index in [9.17, 15) is 13.2 Å². The van der Waals surface area contributed by atoms with Crippen molar-refractivity contribution >= 4 is 15.7 Å². The van der Waals surface area contributed by atoms with Crippen molar-refractivity contribution in [3.8, 4) is 0 Å². The topological polar surface area (TPSA) is 77.9 Å². The molecular weight excluding hydrogens is 268 g/mol. The Labute approximate surface area is 115 Å². The summed E-state index contributed by atoms with van der Waals surface area (Å²) in [7, 11) is -1.32. The molecule has 19 heavy (non-hydrogen) atoms. The Bertz CT molecular complexity index is 408. The Morgan fingerprint density at radius 1 is 1.42 bits per heavy atom. The second-order valence-electron chi connectivity index (χ2n) is 5.35. The van der Waals surface area contributed by atoms with Gasteiger partial charge in [0.1, 0.15) is 0 Å². The SMILES string of the molecule is CC(C)N(CCO)CC(=O)N(C)C1CCS(=O)(=O)C1. The second kappa shape index (κ2) is 6.67. The summed E-state index contributed by atoms with van der Waals surface area (Å²) < 4.78 is 22.8. The maximum atomic E-state index is 12.1. The van der Waals surface area contributed by atoms with E-state index in [4.69, 9.17) is 5.11 Å². The monoisotopic (exact) mass is 292 g/mol. The van der Waals surface area contributed by atoms with E-state index in [1.807, 2.05) is 18.7 Å². The fourth-order valence-corrected chi connectivity index (χ4v) is 3.99. The van der Waals surface area contributed by atoms with E-state index in [2.05, 4.69) is 0 Å². The van der Waals surface area contributed by atoms with Gasteiger partial charge in [0, 0.05) is 25.7 Å². The van der Waals surface area contributed by atoms with E-state index in [0.717, 1.165) is 0 Å². The Kier molecular flexibility index (Phi) is 5.76. The summed E-state index contributed by atoms with van der Waals surface area (Å²) in [6, 6.07) is -0.0440. The standard InChI is InChI=1S/C12H24N2O4S/c1-10(2)14(5-6-15)8-12(16)13(3)11-4-7-19(17,18)9-11/h10-11,15H,4-9H2,1-3H3. The fraction of sp³-hybridized carbons (Fsp3) is 0.917. The van der Waals surface area contributed by atoms with Crippen molar-refractivity contribution in [2.75, 3.05) is 38.2 Å². The highest BCUT2D eigenvalue weighted by Crippen LogP contribution is 2.16. The number of carbonyl (C=O) groups is 1. The number of carbonyl (C=O) groups excluding carboxylic acids is 1. The van der Waals surface area contributed by atoms with E-state index < -0.39 is 9.84 Å². The molecule has 1 atom stereocenters. The third-order valence-corrected chi connectivity index (χ3v) is 5.36. The normalized spacial score (nSPS) is 22.1. The maximum absolute atomic E-state index is 12.1. The summed E-state index contributed by atoms with van der Waals surface area (Å²) in [5, 5.41) is 8.97. The highest BCUT2D eigenvalue weighted by Gasteiger charge is 2.33. The van der Waals surface area contributed by atoms with Gasteiger partial charge in [0.05, 0.1) is 24.7 Å². The van der Waals surface area contributed by atoms with E-state index in [-0.39, 0.29) is 42.6 Å². The van der Waals surface area contributed by atoms with Gasteiger partial charge in [-0.2, -0.15) is 0 Å². The van der Waals surface area contributed by atoms with Crippen LogP contribution in [0, 0.1) is 0 Å². The van der Waals surface area contributed by atoms with Crippen molar-refractivity contribution in [1.29, 1.82) is 0 Å². The van der Waals surface area contributed by atoms with E-state index >= 15 is 0 Å². The molecule has 112 valence electrons. The zero-order valence-corrected chi connectivity index (χ0v) is 12.7. The lowest BCUT2D eigenvalue weighted by Gasteiger charge is -2.29. The molecular formula is C12H24N2O4S. The minimum absolute atomic E-state index is 0.00693. The number of sulfone groups is 1. The molecule has 0 radical (unpaired) electrons. The van der Waals surface area contributed by atoms with Gasteiger partial charge in [-0.15, -0.1) is 0 Å². The molecule has 7 heteroatoms. The number of likely N-dealkylation sites (N-methyl/N-ethyl adjacent to an activating group) is 1. The van der Waals surface area contributed by atoms with E-state index in [1.54, 1.807) is 7.05 Å². The van der Waals surface area contributed by atoms with Crippen molar-refractivity contribution in [2.45, 2.75) is 32.4 Å². The van der Waals surface area contributed by atoms with Crippen LogP contribution in [0.2, 0.25) is 0 Å². The van der Waals surface area contributed by atoms with Crippen molar-refractivity contribution in [2.24, 2.45) is 0 Å². The molecule has 1 saturated heterocycles. The molecule has 1 N–H and O–H groups in total. The number of aliphatic hydroxyl groups is 1. The number of amides is 1. The van der Waals surface area contributed by atoms with Crippen LogP contribution < -0.4 is 0 Å². The smallest absolute Gasteiger partial charge is 0.236 e. The molecule has 0 aromatic carbocycles. The van der Waals surface area contributed by atoms with Crippen LogP contribution in [0.3, 0.4) is 0 Å². The van der Waals surface area contributed by atoms with Crippen LogP contribution in [0.1, 0.15) is 20.3 Å². The number of hydrogen-bond donors (Lipinski definition) is 1. The fourth-order valence-electron chi connectivity index (χ4n) is 2.22. The van der Waals surface area contributed by atoms with Crippen molar-refractivity contribution in [1.82, 2.24) is 9.80 Å². The van der Waals surface area contributed by atoms with Gasteiger partial charge in [0.25, 0.3) is 0 Å². The first kappa shape index (κ1) is 16.4. The van der Waals surface area contributed by atoms with Crippen LogP contribution in [0.25, 0.3) is 0 Å². The molecule has 1 heterocycles. The van der Waals surface area contributed by atoms with Crippen LogP contribution >= 0.6 is 0 Å². The summed E-state index contributed by atoms with van der Waals surface area (Å²) in [5.74, 6) is 0.140. The van der Waals surface area contributed by atoms with Gasteiger partial charge in [-0.05, 0) is 20.3 Å². The summed E-state index contributed by atoms with van der Waals surface area (Å²) >= 11 is 0. The molecule has 6 nitrogen and oxygen atoms in total. The van der Waals surface area contributed by atoms with Gasteiger partial charge in [0.15, 0.2) is 9.84 Å². The van der Waals surface area contributed by atoms with Crippen LogP contribution in [0.15, 0.2) is 0 Å². The molecule has 0 aromatic heterocycles. The lowest BCUT2D eigenvalue weighted by molar-refractivity contribution is -0.133. The summed E-state index contributed by atoms with van der Waals surface area (Å²) in [5.41, 5.74) is 0. The van der Waals surface area contributed by atoms with Crippen LogP contribution in [-0.4, -0.2) is 79.6 Å². The first-order valence-corrected chi connectivity index (χ1v) is 8.40. The van der Waals surface area contributed by atoms with Crippen LogP contribution in [0.4, 0.5) is 0 Å². The quantitative estimate of drug-likeness (QED) is 0.703. The third-order valence-electron chi connectivity index (χ3n) is 3.61. The molecule has 1 fully saturated rings. The average molecular weight is 292 g/mol. The Balaban J connectivity index is 2.57. The van der Waals surface area contributed by atoms with Gasteiger partial charge in [-0.25, -0.2) is 8.42 Å².